The molecule has 0 aromatic heterocycles. The molecule has 1 atom stereocenters. The summed E-state index contributed by atoms with van der Waals surface area (Å²) in [4.78, 5) is 0. The summed E-state index contributed by atoms with van der Waals surface area (Å²) >= 11 is 0. The average Bonchev–Trinajstić information content (AvgIpc) is 2.29. The van der Waals surface area contributed by atoms with Gasteiger partial charge in [0.25, 0.3) is 0 Å². The average molecular weight is 235 g/mol. The van der Waals surface area contributed by atoms with Gasteiger partial charge in [-0.2, -0.15) is 0 Å². The first-order chi connectivity index (χ1) is 8.00. The van der Waals surface area contributed by atoms with Gasteiger partial charge in [0.15, 0.2) is 0 Å². The van der Waals surface area contributed by atoms with Crippen LogP contribution < -0.4 is 10.1 Å². The number of ether oxygens (including phenoxy) is 1. The molecule has 0 saturated carbocycles. The Hall–Kier alpha value is -1.02. The Kier molecular flexibility index (Phi) is 5.01. The van der Waals surface area contributed by atoms with Crippen molar-refractivity contribution in [2.75, 3.05) is 13.6 Å². The molecule has 0 aliphatic rings. The molecule has 0 saturated heterocycles. The van der Waals surface area contributed by atoms with Crippen molar-refractivity contribution < 1.29 is 4.74 Å². The molecular formula is C15H25NO. The van der Waals surface area contributed by atoms with Crippen LogP contribution in [0.25, 0.3) is 0 Å². The van der Waals surface area contributed by atoms with E-state index in [-0.39, 0.29) is 5.60 Å². The van der Waals surface area contributed by atoms with E-state index >= 15 is 0 Å². The maximum atomic E-state index is 6.12. The monoisotopic (exact) mass is 235 g/mol. The van der Waals surface area contributed by atoms with Crippen LogP contribution in [0.2, 0.25) is 0 Å². The first kappa shape index (κ1) is 14.0. The van der Waals surface area contributed by atoms with Crippen molar-refractivity contribution in [1.29, 1.82) is 0 Å². The van der Waals surface area contributed by atoms with Crippen LogP contribution in [0.4, 0.5) is 0 Å². The highest BCUT2D eigenvalue weighted by Crippen LogP contribution is 2.24. The Morgan fingerprint density at radius 1 is 1.35 bits per heavy atom. The molecule has 1 aromatic rings. The van der Waals surface area contributed by atoms with Gasteiger partial charge in [-0.05, 0) is 44.0 Å². The number of likely N-dealkylation sites (N-methyl/N-ethyl adjacent to an activating group) is 1. The zero-order valence-corrected chi connectivity index (χ0v) is 11.7. The molecule has 0 aliphatic heterocycles. The summed E-state index contributed by atoms with van der Waals surface area (Å²) in [5, 5.41) is 3.19. The van der Waals surface area contributed by atoms with Gasteiger partial charge in [0.1, 0.15) is 11.4 Å². The number of hydrogen-bond donors (Lipinski definition) is 1. The lowest BCUT2D eigenvalue weighted by molar-refractivity contribution is 0.0857. The second-order valence-electron chi connectivity index (χ2n) is 5.16. The first-order valence-electron chi connectivity index (χ1n) is 6.44. The van der Waals surface area contributed by atoms with Crippen LogP contribution in [0.15, 0.2) is 24.3 Å². The van der Waals surface area contributed by atoms with Gasteiger partial charge < -0.3 is 10.1 Å². The van der Waals surface area contributed by atoms with Crippen LogP contribution in [-0.2, 0) is 0 Å². The predicted molar refractivity (Wildman–Crippen MR) is 73.8 cm³/mol. The van der Waals surface area contributed by atoms with Gasteiger partial charge in [0.05, 0.1) is 0 Å². The Morgan fingerprint density at radius 2 is 2.06 bits per heavy atom. The topological polar surface area (TPSA) is 21.3 Å². The maximum absolute atomic E-state index is 6.12. The van der Waals surface area contributed by atoms with E-state index in [1.165, 1.54) is 5.56 Å². The molecule has 0 amide bonds. The van der Waals surface area contributed by atoms with E-state index in [2.05, 4.69) is 51.2 Å². The van der Waals surface area contributed by atoms with E-state index < -0.39 is 0 Å². The van der Waals surface area contributed by atoms with Crippen LogP contribution >= 0.6 is 0 Å². The van der Waals surface area contributed by atoms with Crippen molar-refractivity contribution in [3.8, 4) is 5.75 Å². The highest BCUT2D eigenvalue weighted by molar-refractivity contribution is 5.30. The summed E-state index contributed by atoms with van der Waals surface area (Å²) in [6.07, 6.45) is 0.986. The fourth-order valence-corrected chi connectivity index (χ4v) is 1.83. The Labute approximate surface area is 105 Å². The summed E-state index contributed by atoms with van der Waals surface area (Å²) in [5.41, 5.74) is 1.19. The third kappa shape index (κ3) is 4.04. The number of rotatable bonds is 6. The highest BCUT2D eigenvalue weighted by atomic mass is 16.5. The third-order valence-corrected chi connectivity index (χ3v) is 3.19. The molecule has 2 nitrogen and oxygen atoms in total. The number of hydrogen-bond acceptors (Lipinski definition) is 2. The summed E-state index contributed by atoms with van der Waals surface area (Å²) < 4.78 is 6.12. The van der Waals surface area contributed by atoms with Gasteiger partial charge >= 0.3 is 0 Å². The van der Waals surface area contributed by atoms with Gasteiger partial charge in [-0.3, -0.25) is 0 Å². The lowest BCUT2D eigenvalue weighted by Crippen LogP contribution is -2.41. The minimum Gasteiger partial charge on any atom is -0.486 e. The molecule has 1 N–H and O–H groups in total. The van der Waals surface area contributed by atoms with Crippen molar-refractivity contribution in [3.63, 3.8) is 0 Å². The van der Waals surface area contributed by atoms with Crippen molar-refractivity contribution in [3.05, 3.63) is 29.8 Å². The largest absolute Gasteiger partial charge is 0.486 e. The molecule has 0 spiro atoms. The SMILES string of the molecule is CCC(C)(CNC)Oc1cccc(C(C)C)c1. The van der Waals surface area contributed by atoms with Gasteiger partial charge in [0, 0.05) is 6.54 Å². The highest BCUT2D eigenvalue weighted by Gasteiger charge is 2.23. The third-order valence-electron chi connectivity index (χ3n) is 3.19. The normalized spacial score (nSPS) is 14.7. The molecular weight excluding hydrogens is 210 g/mol. The van der Waals surface area contributed by atoms with Crippen molar-refractivity contribution >= 4 is 0 Å². The Morgan fingerprint density at radius 3 is 2.59 bits per heavy atom. The molecule has 0 radical (unpaired) electrons. The first-order valence-corrected chi connectivity index (χ1v) is 6.44. The van der Waals surface area contributed by atoms with E-state index in [0.29, 0.717) is 5.92 Å². The Bertz CT molecular complexity index is 349. The van der Waals surface area contributed by atoms with Crippen LogP contribution in [-0.4, -0.2) is 19.2 Å². The van der Waals surface area contributed by atoms with Gasteiger partial charge in [-0.25, -0.2) is 0 Å². The second kappa shape index (κ2) is 6.06. The van der Waals surface area contributed by atoms with Gasteiger partial charge in [0.2, 0.25) is 0 Å². The molecule has 1 unspecified atom stereocenters. The van der Waals surface area contributed by atoms with Crippen molar-refractivity contribution in [1.82, 2.24) is 5.32 Å². The fourth-order valence-electron chi connectivity index (χ4n) is 1.83. The Balaban J connectivity index is 2.82. The summed E-state index contributed by atoms with van der Waals surface area (Å²) in [7, 11) is 1.96. The van der Waals surface area contributed by atoms with Gasteiger partial charge in [-0.1, -0.05) is 32.9 Å². The molecule has 0 heterocycles. The maximum Gasteiger partial charge on any atom is 0.120 e. The lowest BCUT2D eigenvalue weighted by Gasteiger charge is -2.29. The number of benzene rings is 1. The lowest BCUT2D eigenvalue weighted by atomic mass is 10.0. The van der Waals surface area contributed by atoms with Crippen LogP contribution in [0.3, 0.4) is 0 Å². The van der Waals surface area contributed by atoms with E-state index in [4.69, 9.17) is 4.74 Å². The molecule has 0 aliphatic carbocycles. The van der Waals surface area contributed by atoms with Crippen molar-refractivity contribution in [2.45, 2.75) is 45.6 Å². The molecule has 0 fully saturated rings. The van der Waals surface area contributed by atoms with Crippen LogP contribution in [0, 0.1) is 0 Å². The molecule has 1 rings (SSSR count). The fraction of sp³-hybridized carbons (Fsp3) is 0.600. The molecule has 1 aromatic carbocycles. The predicted octanol–water partition coefficient (Wildman–Crippen LogP) is 3.58. The second-order valence-corrected chi connectivity index (χ2v) is 5.16. The molecule has 96 valence electrons. The number of nitrogens with one attached hydrogen (secondary N) is 1. The zero-order chi connectivity index (χ0) is 12.9. The molecule has 0 bridgehead atoms. The standard InChI is InChI=1S/C15H25NO/c1-6-15(4,11-16-5)17-14-9-7-8-13(10-14)12(2)3/h7-10,12,16H,6,11H2,1-5H3. The summed E-state index contributed by atoms with van der Waals surface area (Å²) in [5.74, 6) is 1.51. The van der Waals surface area contributed by atoms with Crippen LogP contribution in [0.1, 0.15) is 45.6 Å². The minimum absolute atomic E-state index is 0.135. The van der Waals surface area contributed by atoms with E-state index in [1.807, 2.05) is 13.1 Å². The zero-order valence-electron chi connectivity index (χ0n) is 11.7. The van der Waals surface area contributed by atoms with Crippen LogP contribution in [0.5, 0.6) is 5.75 Å². The van der Waals surface area contributed by atoms with Gasteiger partial charge in [-0.15, -0.1) is 0 Å². The smallest absolute Gasteiger partial charge is 0.120 e. The molecule has 2 heteroatoms. The van der Waals surface area contributed by atoms with Crippen molar-refractivity contribution in [2.24, 2.45) is 0 Å². The summed E-state index contributed by atoms with van der Waals surface area (Å²) in [6.45, 7) is 9.56. The van der Waals surface area contributed by atoms with E-state index in [9.17, 15) is 0 Å². The summed E-state index contributed by atoms with van der Waals surface area (Å²) in [6, 6.07) is 8.41. The van der Waals surface area contributed by atoms with E-state index in [0.717, 1.165) is 18.7 Å². The van der Waals surface area contributed by atoms with E-state index in [1.54, 1.807) is 0 Å². The minimum atomic E-state index is -0.135. The quantitative estimate of drug-likeness (QED) is 0.813. The molecule has 17 heavy (non-hydrogen) atoms.